The Hall–Kier alpha value is -1.42. The Labute approximate surface area is 80.2 Å². The molecule has 66 valence electrons. The third kappa shape index (κ3) is 1.67. The Morgan fingerprint density at radius 2 is 2.15 bits per heavy atom. The summed E-state index contributed by atoms with van der Waals surface area (Å²) in [6.45, 7) is 1.96. The lowest BCUT2D eigenvalue weighted by Crippen LogP contribution is -1.98. The molecule has 0 bridgehead atoms. The molecule has 2 heterocycles. The highest BCUT2D eigenvalue weighted by Crippen LogP contribution is 2.07. The Bertz CT molecular complexity index is 424. The fraction of sp³-hybridized carbons (Fsp3) is 0.125. The minimum atomic E-state index is 0.366. The van der Waals surface area contributed by atoms with Crippen molar-refractivity contribution in [3.63, 3.8) is 0 Å². The van der Waals surface area contributed by atoms with Crippen molar-refractivity contribution in [3.8, 4) is 5.82 Å². The van der Waals surface area contributed by atoms with Gasteiger partial charge in [-0.1, -0.05) is 11.6 Å². The maximum atomic E-state index is 5.69. The van der Waals surface area contributed by atoms with Crippen LogP contribution in [0.5, 0.6) is 0 Å². The lowest BCUT2D eigenvalue weighted by atomic mass is 10.4. The first-order chi connectivity index (χ1) is 6.25. The highest BCUT2D eigenvalue weighted by atomic mass is 35.5. The molecule has 0 atom stereocenters. The number of aryl methyl sites for hydroxylation is 1. The summed E-state index contributed by atoms with van der Waals surface area (Å²) in [4.78, 5) is 7.97. The van der Waals surface area contributed by atoms with E-state index in [4.69, 9.17) is 11.6 Å². The molecule has 0 unspecified atom stereocenters. The van der Waals surface area contributed by atoms with Gasteiger partial charge in [0.05, 0.1) is 18.6 Å². The van der Waals surface area contributed by atoms with Gasteiger partial charge in [0, 0.05) is 6.20 Å². The van der Waals surface area contributed by atoms with Gasteiger partial charge in [-0.3, -0.25) is 4.98 Å². The normalized spacial score (nSPS) is 10.3. The Kier molecular flexibility index (Phi) is 1.98. The van der Waals surface area contributed by atoms with Crippen molar-refractivity contribution < 1.29 is 0 Å². The number of aromatic nitrogens is 4. The van der Waals surface area contributed by atoms with Crippen LogP contribution < -0.4 is 0 Å². The van der Waals surface area contributed by atoms with Gasteiger partial charge in [0.2, 0.25) is 0 Å². The molecule has 0 aliphatic rings. The number of halogens is 1. The van der Waals surface area contributed by atoms with Crippen LogP contribution in [0.4, 0.5) is 0 Å². The van der Waals surface area contributed by atoms with E-state index in [2.05, 4.69) is 15.1 Å². The third-order valence-electron chi connectivity index (χ3n) is 1.54. The van der Waals surface area contributed by atoms with Crippen molar-refractivity contribution in [1.82, 2.24) is 19.7 Å². The van der Waals surface area contributed by atoms with Crippen molar-refractivity contribution in [1.29, 1.82) is 0 Å². The molecule has 13 heavy (non-hydrogen) atoms. The topological polar surface area (TPSA) is 43.6 Å². The smallest absolute Gasteiger partial charge is 0.173 e. The molecule has 0 aliphatic carbocycles. The van der Waals surface area contributed by atoms with Crippen LogP contribution >= 0.6 is 11.6 Å². The molecule has 0 saturated heterocycles. The van der Waals surface area contributed by atoms with Crippen LogP contribution in [0.3, 0.4) is 0 Å². The van der Waals surface area contributed by atoms with Gasteiger partial charge in [-0.15, -0.1) is 0 Å². The average molecular weight is 195 g/mol. The van der Waals surface area contributed by atoms with E-state index in [1.807, 2.05) is 13.1 Å². The van der Waals surface area contributed by atoms with E-state index in [0.717, 1.165) is 5.56 Å². The van der Waals surface area contributed by atoms with Gasteiger partial charge in [-0.05, 0) is 12.5 Å². The first-order valence-corrected chi connectivity index (χ1v) is 4.13. The molecular formula is C8H7ClN4. The second-order valence-electron chi connectivity index (χ2n) is 2.66. The molecule has 0 fully saturated rings. The molecule has 5 heteroatoms. The van der Waals surface area contributed by atoms with Crippen LogP contribution in [0.25, 0.3) is 5.82 Å². The molecule has 2 rings (SSSR count). The predicted molar refractivity (Wildman–Crippen MR) is 48.9 cm³/mol. The Morgan fingerprint density at radius 1 is 1.31 bits per heavy atom. The zero-order valence-corrected chi connectivity index (χ0v) is 7.73. The number of hydrogen-bond acceptors (Lipinski definition) is 3. The summed E-state index contributed by atoms with van der Waals surface area (Å²) in [7, 11) is 0. The summed E-state index contributed by atoms with van der Waals surface area (Å²) in [6, 6.07) is 0. The molecule has 2 aromatic heterocycles. The molecule has 0 N–H and O–H groups in total. The molecule has 0 amide bonds. The molecule has 0 aromatic carbocycles. The second-order valence-corrected chi connectivity index (χ2v) is 3.05. The average Bonchev–Trinajstić information content (AvgIpc) is 2.52. The first-order valence-electron chi connectivity index (χ1n) is 3.75. The van der Waals surface area contributed by atoms with Crippen molar-refractivity contribution in [2.24, 2.45) is 0 Å². The number of rotatable bonds is 1. The molecule has 0 saturated carbocycles. The quantitative estimate of drug-likeness (QED) is 0.693. The van der Waals surface area contributed by atoms with Gasteiger partial charge < -0.3 is 0 Å². The van der Waals surface area contributed by atoms with Crippen molar-refractivity contribution in [2.45, 2.75) is 6.92 Å². The van der Waals surface area contributed by atoms with Gasteiger partial charge in [-0.25, -0.2) is 9.67 Å². The molecule has 0 radical (unpaired) electrons. The highest BCUT2D eigenvalue weighted by Gasteiger charge is 2.00. The summed E-state index contributed by atoms with van der Waals surface area (Å²) in [5.41, 5.74) is 1.07. The van der Waals surface area contributed by atoms with E-state index >= 15 is 0 Å². The van der Waals surface area contributed by atoms with Gasteiger partial charge in [0.25, 0.3) is 0 Å². The van der Waals surface area contributed by atoms with Gasteiger partial charge >= 0.3 is 0 Å². The lowest BCUT2D eigenvalue weighted by Gasteiger charge is -1.98. The van der Waals surface area contributed by atoms with Crippen molar-refractivity contribution >= 4 is 11.6 Å². The van der Waals surface area contributed by atoms with Crippen molar-refractivity contribution in [3.05, 3.63) is 35.5 Å². The zero-order valence-electron chi connectivity index (χ0n) is 6.98. The fourth-order valence-corrected chi connectivity index (χ4v) is 1.12. The van der Waals surface area contributed by atoms with E-state index in [1.54, 1.807) is 17.1 Å². The molecular weight excluding hydrogens is 188 g/mol. The lowest BCUT2D eigenvalue weighted by molar-refractivity contribution is 0.837. The van der Waals surface area contributed by atoms with Gasteiger partial charge in [0.15, 0.2) is 5.82 Å². The monoisotopic (exact) mass is 194 g/mol. The maximum absolute atomic E-state index is 5.69. The zero-order chi connectivity index (χ0) is 9.26. The van der Waals surface area contributed by atoms with Gasteiger partial charge in [-0.2, -0.15) is 5.10 Å². The summed E-state index contributed by atoms with van der Waals surface area (Å²) in [5.74, 6) is 0.626. The van der Waals surface area contributed by atoms with Crippen LogP contribution in [0, 0.1) is 6.92 Å². The number of nitrogens with zero attached hydrogens (tertiary/aromatic N) is 4. The largest absolute Gasteiger partial charge is 0.258 e. The predicted octanol–water partition coefficient (Wildman–Crippen LogP) is 1.62. The van der Waals surface area contributed by atoms with Crippen LogP contribution in [0.1, 0.15) is 5.56 Å². The maximum Gasteiger partial charge on any atom is 0.173 e. The van der Waals surface area contributed by atoms with E-state index in [9.17, 15) is 0 Å². The summed E-state index contributed by atoms with van der Waals surface area (Å²) >= 11 is 5.69. The van der Waals surface area contributed by atoms with E-state index in [0.29, 0.717) is 11.0 Å². The van der Waals surface area contributed by atoms with Crippen LogP contribution in [-0.2, 0) is 0 Å². The third-order valence-corrected chi connectivity index (χ3v) is 1.72. The van der Waals surface area contributed by atoms with E-state index < -0.39 is 0 Å². The van der Waals surface area contributed by atoms with Crippen molar-refractivity contribution in [2.75, 3.05) is 0 Å². The molecule has 2 aromatic rings. The Morgan fingerprint density at radius 3 is 2.77 bits per heavy atom. The number of hydrogen-bond donors (Lipinski definition) is 0. The summed E-state index contributed by atoms with van der Waals surface area (Å²) < 4.78 is 1.63. The second kappa shape index (κ2) is 3.14. The van der Waals surface area contributed by atoms with E-state index in [-0.39, 0.29) is 0 Å². The summed E-state index contributed by atoms with van der Waals surface area (Å²) in [6.07, 6.45) is 6.71. The standard InChI is InChI=1S/C8H7ClN4/c1-6-2-11-13(5-6)8-4-10-3-7(9)12-8/h2-5H,1H3. The molecule has 0 aliphatic heterocycles. The highest BCUT2D eigenvalue weighted by molar-refractivity contribution is 6.29. The molecule has 4 nitrogen and oxygen atoms in total. The van der Waals surface area contributed by atoms with Crippen LogP contribution in [-0.4, -0.2) is 19.7 Å². The van der Waals surface area contributed by atoms with Gasteiger partial charge in [0.1, 0.15) is 5.15 Å². The fourth-order valence-electron chi connectivity index (χ4n) is 0.981. The Balaban J connectivity index is 2.46. The van der Waals surface area contributed by atoms with Crippen LogP contribution in [0.15, 0.2) is 24.8 Å². The first kappa shape index (κ1) is 8.19. The molecule has 0 spiro atoms. The summed E-state index contributed by atoms with van der Waals surface area (Å²) in [5, 5.41) is 4.45. The van der Waals surface area contributed by atoms with Crippen LogP contribution in [0.2, 0.25) is 5.15 Å². The minimum absolute atomic E-state index is 0.366. The van der Waals surface area contributed by atoms with E-state index in [1.165, 1.54) is 6.20 Å². The SMILES string of the molecule is Cc1cnn(-c2cncc(Cl)n2)c1. The minimum Gasteiger partial charge on any atom is -0.258 e.